The van der Waals surface area contributed by atoms with Crippen molar-refractivity contribution in [1.82, 2.24) is 15.2 Å². The molecule has 110 valence electrons. The van der Waals surface area contributed by atoms with Gasteiger partial charge in [-0.2, -0.15) is 0 Å². The quantitative estimate of drug-likeness (QED) is 0.924. The van der Waals surface area contributed by atoms with Crippen molar-refractivity contribution in [2.24, 2.45) is 0 Å². The van der Waals surface area contributed by atoms with E-state index in [2.05, 4.69) is 17.2 Å². The second-order valence-electron chi connectivity index (χ2n) is 5.20. The Morgan fingerprint density at radius 3 is 2.95 bits per heavy atom. The lowest BCUT2D eigenvalue weighted by molar-refractivity contribution is -0.134. The number of nitrogens with zero attached hydrogens (tertiary/aromatic N) is 2. The highest BCUT2D eigenvalue weighted by atomic mass is 32.1. The van der Waals surface area contributed by atoms with E-state index < -0.39 is 0 Å². The monoisotopic (exact) mass is 295 g/mol. The van der Waals surface area contributed by atoms with E-state index in [1.807, 2.05) is 11.8 Å². The van der Waals surface area contributed by atoms with Crippen LogP contribution in [-0.4, -0.2) is 40.8 Å². The maximum absolute atomic E-state index is 12.1. The van der Waals surface area contributed by atoms with E-state index in [1.54, 1.807) is 5.51 Å². The zero-order valence-corrected chi connectivity index (χ0v) is 12.8. The molecule has 0 aromatic carbocycles. The molecule has 2 heterocycles. The van der Waals surface area contributed by atoms with Crippen LogP contribution in [-0.2, 0) is 4.79 Å². The molecule has 2 rings (SSSR count). The summed E-state index contributed by atoms with van der Waals surface area (Å²) < 4.78 is 0. The summed E-state index contributed by atoms with van der Waals surface area (Å²) in [5, 5.41) is 2.79. The fraction of sp³-hybridized carbons (Fsp3) is 0.643. The van der Waals surface area contributed by atoms with Gasteiger partial charge in [0.15, 0.2) is 0 Å². The van der Waals surface area contributed by atoms with Crippen LogP contribution in [0.25, 0.3) is 0 Å². The van der Waals surface area contributed by atoms with Gasteiger partial charge in [-0.15, -0.1) is 11.3 Å². The van der Waals surface area contributed by atoms with Crippen LogP contribution >= 0.6 is 11.3 Å². The van der Waals surface area contributed by atoms with Crippen molar-refractivity contribution in [2.75, 3.05) is 13.1 Å². The molecule has 0 saturated carbocycles. The van der Waals surface area contributed by atoms with Crippen molar-refractivity contribution in [3.8, 4) is 0 Å². The first-order chi connectivity index (χ1) is 9.59. The van der Waals surface area contributed by atoms with E-state index in [0.717, 1.165) is 25.1 Å². The Morgan fingerprint density at radius 2 is 2.30 bits per heavy atom. The molecule has 2 amide bonds. The summed E-state index contributed by atoms with van der Waals surface area (Å²) in [6.45, 7) is 5.14. The second-order valence-corrected chi connectivity index (χ2v) is 6.06. The first-order valence-electron chi connectivity index (χ1n) is 7.07. The number of carbonyl (C=O) groups excluding carboxylic acids is 2. The van der Waals surface area contributed by atoms with Gasteiger partial charge >= 0.3 is 0 Å². The average Bonchev–Trinajstić information content (AvgIpc) is 2.85. The molecular formula is C14H21N3O2S. The summed E-state index contributed by atoms with van der Waals surface area (Å²) in [6, 6.07) is 0.329. The summed E-state index contributed by atoms with van der Waals surface area (Å²) in [5.41, 5.74) is 2.40. The second kappa shape index (κ2) is 6.83. The summed E-state index contributed by atoms with van der Waals surface area (Å²) in [6.07, 6.45) is 3.74. The van der Waals surface area contributed by atoms with Gasteiger partial charge in [0.1, 0.15) is 4.88 Å². The molecule has 1 aromatic rings. The Labute approximate surface area is 123 Å². The van der Waals surface area contributed by atoms with Gasteiger partial charge in [0.2, 0.25) is 5.91 Å². The normalized spacial score (nSPS) is 18.9. The van der Waals surface area contributed by atoms with E-state index >= 15 is 0 Å². The standard InChI is InChI=1S/C14H21N3O2S/c1-10-5-3-4-8-17(10)12(18)6-7-15-14(19)13-11(2)16-9-20-13/h9-10H,3-8H2,1-2H3,(H,15,19)/t10-/m0/s1. The number of amides is 2. The zero-order valence-electron chi connectivity index (χ0n) is 12.0. The predicted molar refractivity (Wildman–Crippen MR) is 78.8 cm³/mol. The fourth-order valence-electron chi connectivity index (χ4n) is 2.50. The minimum absolute atomic E-state index is 0.135. The lowest BCUT2D eigenvalue weighted by Gasteiger charge is -2.33. The lowest BCUT2D eigenvalue weighted by Crippen LogP contribution is -2.43. The molecule has 1 N–H and O–H groups in total. The van der Waals surface area contributed by atoms with Crippen LogP contribution in [0.15, 0.2) is 5.51 Å². The number of aromatic nitrogens is 1. The lowest BCUT2D eigenvalue weighted by atomic mass is 10.0. The van der Waals surface area contributed by atoms with E-state index in [0.29, 0.717) is 23.9 Å². The molecule has 0 radical (unpaired) electrons. The van der Waals surface area contributed by atoms with Crippen molar-refractivity contribution in [3.63, 3.8) is 0 Å². The number of rotatable bonds is 4. The van der Waals surface area contributed by atoms with Crippen LogP contribution in [0.5, 0.6) is 0 Å². The molecule has 1 aromatic heterocycles. The third-order valence-electron chi connectivity index (χ3n) is 3.70. The van der Waals surface area contributed by atoms with Crippen LogP contribution < -0.4 is 5.32 Å². The Hall–Kier alpha value is -1.43. The maximum atomic E-state index is 12.1. The van der Waals surface area contributed by atoms with Crippen molar-refractivity contribution in [1.29, 1.82) is 0 Å². The molecule has 0 bridgehead atoms. The Balaban J connectivity index is 1.77. The summed E-state index contributed by atoms with van der Waals surface area (Å²) in [4.78, 5) is 30.6. The molecule has 1 atom stereocenters. The third kappa shape index (κ3) is 3.56. The largest absolute Gasteiger partial charge is 0.351 e. The highest BCUT2D eigenvalue weighted by Crippen LogP contribution is 2.17. The topological polar surface area (TPSA) is 62.3 Å². The smallest absolute Gasteiger partial charge is 0.263 e. The van der Waals surface area contributed by atoms with Crippen LogP contribution in [0.3, 0.4) is 0 Å². The number of piperidine rings is 1. The summed E-state index contributed by atoms with van der Waals surface area (Å²) in [7, 11) is 0. The molecular weight excluding hydrogens is 274 g/mol. The molecule has 1 saturated heterocycles. The molecule has 0 unspecified atom stereocenters. The minimum atomic E-state index is -0.135. The van der Waals surface area contributed by atoms with Gasteiger partial charge in [-0.3, -0.25) is 9.59 Å². The molecule has 0 aliphatic carbocycles. The molecule has 0 spiro atoms. The first-order valence-corrected chi connectivity index (χ1v) is 7.95. The fourth-order valence-corrected chi connectivity index (χ4v) is 3.21. The van der Waals surface area contributed by atoms with Crippen molar-refractivity contribution < 1.29 is 9.59 Å². The number of nitrogens with one attached hydrogen (secondary N) is 1. The average molecular weight is 295 g/mol. The van der Waals surface area contributed by atoms with Gasteiger partial charge in [0.25, 0.3) is 5.91 Å². The van der Waals surface area contributed by atoms with E-state index in [9.17, 15) is 9.59 Å². The van der Waals surface area contributed by atoms with Gasteiger partial charge < -0.3 is 10.2 Å². The number of carbonyl (C=O) groups is 2. The molecule has 20 heavy (non-hydrogen) atoms. The van der Waals surface area contributed by atoms with Gasteiger partial charge in [0.05, 0.1) is 11.2 Å². The van der Waals surface area contributed by atoms with Crippen molar-refractivity contribution in [2.45, 2.75) is 45.6 Å². The van der Waals surface area contributed by atoms with Crippen LogP contribution in [0.2, 0.25) is 0 Å². The van der Waals surface area contributed by atoms with Crippen LogP contribution in [0.1, 0.15) is 48.0 Å². The van der Waals surface area contributed by atoms with Crippen LogP contribution in [0, 0.1) is 6.92 Å². The molecule has 1 aliphatic heterocycles. The van der Waals surface area contributed by atoms with Crippen LogP contribution in [0.4, 0.5) is 0 Å². The first kappa shape index (κ1) is 15.0. The number of thiazole rings is 1. The molecule has 1 aliphatic rings. The van der Waals surface area contributed by atoms with Gasteiger partial charge in [-0.05, 0) is 33.1 Å². The maximum Gasteiger partial charge on any atom is 0.263 e. The van der Waals surface area contributed by atoms with Crippen molar-refractivity contribution in [3.05, 3.63) is 16.1 Å². The number of likely N-dealkylation sites (tertiary alicyclic amines) is 1. The number of aryl methyl sites for hydroxylation is 1. The molecule has 5 nitrogen and oxygen atoms in total. The highest BCUT2D eigenvalue weighted by Gasteiger charge is 2.22. The summed E-state index contributed by atoms with van der Waals surface area (Å²) in [5.74, 6) is 0.00280. The zero-order chi connectivity index (χ0) is 14.5. The molecule has 1 fully saturated rings. The Kier molecular flexibility index (Phi) is 5.11. The van der Waals surface area contributed by atoms with Crippen molar-refractivity contribution >= 4 is 23.2 Å². The number of hydrogen-bond donors (Lipinski definition) is 1. The van der Waals surface area contributed by atoms with Gasteiger partial charge in [-0.1, -0.05) is 0 Å². The Morgan fingerprint density at radius 1 is 1.50 bits per heavy atom. The number of hydrogen-bond acceptors (Lipinski definition) is 4. The van der Waals surface area contributed by atoms with E-state index in [1.165, 1.54) is 17.8 Å². The van der Waals surface area contributed by atoms with E-state index in [-0.39, 0.29) is 11.8 Å². The van der Waals surface area contributed by atoms with E-state index in [4.69, 9.17) is 0 Å². The van der Waals surface area contributed by atoms with Gasteiger partial charge in [0, 0.05) is 25.6 Å². The molecule has 6 heteroatoms. The minimum Gasteiger partial charge on any atom is -0.351 e. The predicted octanol–water partition coefficient (Wildman–Crippen LogP) is 1.97. The highest BCUT2D eigenvalue weighted by molar-refractivity contribution is 7.11. The third-order valence-corrected chi connectivity index (χ3v) is 4.63. The SMILES string of the molecule is Cc1ncsc1C(=O)NCCC(=O)N1CCCC[C@@H]1C. The van der Waals surface area contributed by atoms with Gasteiger partial charge in [-0.25, -0.2) is 4.98 Å². The Bertz CT molecular complexity index is 487. The summed E-state index contributed by atoms with van der Waals surface area (Å²) >= 11 is 1.33.